The van der Waals surface area contributed by atoms with Gasteiger partial charge in [-0.05, 0) is 11.6 Å². The van der Waals surface area contributed by atoms with E-state index in [1.54, 1.807) is 4.40 Å². The highest BCUT2D eigenvalue weighted by molar-refractivity contribution is 7.15. The number of fused-ring (bicyclic) bond motifs is 1. The number of hydrogen-bond donors (Lipinski definition) is 0. The summed E-state index contributed by atoms with van der Waals surface area (Å²) in [4.78, 5) is 18.8. The summed E-state index contributed by atoms with van der Waals surface area (Å²) in [7, 11) is 0. The number of rotatable bonds is 4. The van der Waals surface area contributed by atoms with E-state index in [4.69, 9.17) is 4.98 Å². The van der Waals surface area contributed by atoms with Crippen molar-refractivity contribution < 1.29 is 0 Å². The zero-order valence-corrected chi connectivity index (χ0v) is 16.9. The second-order valence-electron chi connectivity index (χ2n) is 6.87. The third-order valence-electron chi connectivity index (χ3n) is 4.89. The summed E-state index contributed by atoms with van der Waals surface area (Å²) >= 11 is 1.42. The molecule has 0 aliphatic rings. The van der Waals surface area contributed by atoms with E-state index in [-0.39, 0.29) is 5.56 Å². The van der Waals surface area contributed by atoms with Gasteiger partial charge in [0.15, 0.2) is 4.96 Å². The molecule has 0 aliphatic carbocycles. The largest absolute Gasteiger partial charge is 0.274 e. The maximum atomic E-state index is 13.3. The summed E-state index contributed by atoms with van der Waals surface area (Å²) in [5.41, 5.74) is 4.70. The summed E-state index contributed by atoms with van der Waals surface area (Å²) < 4.78 is 2.41. The zero-order chi connectivity index (χ0) is 20.3. The van der Waals surface area contributed by atoms with Gasteiger partial charge in [-0.3, -0.25) is 4.79 Å². The van der Waals surface area contributed by atoms with E-state index in [9.17, 15) is 4.79 Å². The predicted molar refractivity (Wildman–Crippen MR) is 125 cm³/mol. The lowest BCUT2D eigenvalue weighted by Gasteiger charge is -2.04. The fourth-order valence-corrected chi connectivity index (χ4v) is 4.41. The van der Waals surface area contributed by atoms with Crippen molar-refractivity contribution in [2.24, 2.45) is 0 Å². The summed E-state index contributed by atoms with van der Waals surface area (Å²) in [6.45, 7) is 0. The molecule has 0 unspecified atom stereocenters. The maximum absolute atomic E-state index is 13.3. The van der Waals surface area contributed by atoms with Crippen LogP contribution in [0.4, 0.5) is 0 Å². The molecule has 4 heteroatoms. The third kappa shape index (κ3) is 3.38. The molecule has 2 aromatic heterocycles. The number of hydrogen-bond acceptors (Lipinski definition) is 3. The second kappa shape index (κ2) is 7.93. The minimum Gasteiger partial charge on any atom is -0.267 e. The molecule has 3 nitrogen and oxygen atoms in total. The van der Waals surface area contributed by atoms with Crippen LogP contribution in [0.2, 0.25) is 0 Å². The van der Waals surface area contributed by atoms with E-state index in [2.05, 4.69) is 0 Å². The Morgan fingerprint density at radius 2 is 1.37 bits per heavy atom. The zero-order valence-electron chi connectivity index (χ0n) is 16.1. The molecule has 0 spiro atoms. The van der Waals surface area contributed by atoms with E-state index >= 15 is 0 Å². The Hall–Kier alpha value is -3.76. The average Bonchev–Trinajstić information content (AvgIpc) is 3.32. The van der Waals surface area contributed by atoms with Gasteiger partial charge < -0.3 is 0 Å². The van der Waals surface area contributed by atoms with Crippen molar-refractivity contribution in [3.8, 4) is 22.5 Å². The van der Waals surface area contributed by atoms with Crippen LogP contribution in [0.1, 0.15) is 5.56 Å². The van der Waals surface area contributed by atoms with Crippen LogP contribution in [0.25, 0.3) is 39.6 Å². The van der Waals surface area contributed by atoms with Crippen LogP contribution < -0.4 is 10.1 Å². The van der Waals surface area contributed by atoms with E-state index in [0.717, 1.165) is 28.1 Å². The van der Waals surface area contributed by atoms with Crippen molar-refractivity contribution in [2.45, 2.75) is 0 Å². The van der Waals surface area contributed by atoms with Crippen molar-refractivity contribution >= 4 is 28.4 Å². The fourth-order valence-electron chi connectivity index (χ4n) is 3.48. The Balaban J connectivity index is 1.69. The van der Waals surface area contributed by atoms with Crippen molar-refractivity contribution in [3.05, 3.63) is 118 Å². The molecule has 0 saturated heterocycles. The Morgan fingerprint density at radius 3 is 2.03 bits per heavy atom. The first kappa shape index (κ1) is 18.3. The minimum absolute atomic E-state index is 0.0405. The highest BCUT2D eigenvalue weighted by Crippen LogP contribution is 2.32. The van der Waals surface area contributed by atoms with E-state index < -0.39 is 0 Å². The minimum atomic E-state index is -0.0405. The van der Waals surface area contributed by atoms with Gasteiger partial charge in [0, 0.05) is 11.1 Å². The van der Waals surface area contributed by atoms with Crippen LogP contribution in [-0.4, -0.2) is 9.38 Å². The van der Waals surface area contributed by atoms with E-state index in [1.165, 1.54) is 11.3 Å². The molecule has 0 fully saturated rings. The lowest BCUT2D eigenvalue weighted by Crippen LogP contribution is -2.23. The Labute approximate surface area is 177 Å². The van der Waals surface area contributed by atoms with Crippen molar-refractivity contribution in [1.29, 1.82) is 0 Å². The van der Waals surface area contributed by atoms with Gasteiger partial charge in [-0.1, -0.05) is 114 Å². The normalized spacial score (nSPS) is 12.2. The number of aromatic nitrogens is 2. The highest BCUT2D eigenvalue weighted by Gasteiger charge is 2.19. The SMILES string of the molecule is O=c1c(=CC=Cc2ccccc2)sc2nc(-c3ccccc3)c(-c3ccccc3)n12. The van der Waals surface area contributed by atoms with Crippen molar-refractivity contribution in [1.82, 2.24) is 9.38 Å². The quantitative estimate of drug-likeness (QED) is 0.406. The van der Waals surface area contributed by atoms with Gasteiger partial charge in [-0.15, -0.1) is 0 Å². The molecule has 30 heavy (non-hydrogen) atoms. The number of thiazole rings is 1. The Kier molecular flexibility index (Phi) is 4.83. The van der Waals surface area contributed by atoms with Gasteiger partial charge in [0.2, 0.25) is 0 Å². The van der Waals surface area contributed by atoms with Crippen molar-refractivity contribution in [3.63, 3.8) is 0 Å². The van der Waals surface area contributed by atoms with Gasteiger partial charge in [-0.2, -0.15) is 0 Å². The molecule has 0 aliphatic heterocycles. The van der Waals surface area contributed by atoms with Crippen LogP contribution in [0.15, 0.2) is 102 Å². The average molecular weight is 407 g/mol. The summed E-state index contributed by atoms with van der Waals surface area (Å²) in [6, 6.07) is 30.0. The van der Waals surface area contributed by atoms with Crippen LogP contribution >= 0.6 is 11.3 Å². The number of imidazole rings is 1. The number of allylic oxidation sites excluding steroid dienone is 1. The Morgan fingerprint density at radius 1 is 0.767 bits per heavy atom. The van der Waals surface area contributed by atoms with Crippen LogP contribution in [0.3, 0.4) is 0 Å². The summed E-state index contributed by atoms with van der Waals surface area (Å²) in [6.07, 6.45) is 5.78. The van der Waals surface area contributed by atoms with Gasteiger partial charge in [0.25, 0.3) is 5.56 Å². The molecule has 144 valence electrons. The topological polar surface area (TPSA) is 34.4 Å². The lowest BCUT2D eigenvalue weighted by atomic mass is 10.1. The monoisotopic (exact) mass is 406 g/mol. The summed E-state index contributed by atoms with van der Waals surface area (Å²) in [5, 5.41) is 0. The van der Waals surface area contributed by atoms with E-state index in [1.807, 2.05) is 109 Å². The highest BCUT2D eigenvalue weighted by atomic mass is 32.1. The molecule has 2 heterocycles. The summed E-state index contributed by atoms with van der Waals surface area (Å²) in [5.74, 6) is 0. The van der Waals surface area contributed by atoms with Gasteiger partial charge >= 0.3 is 0 Å². The van der Waals surface area contributed by atoms with Crippen LogP contribution in [0, 0.1) is 0 Å². The molecule has 0 atom stereocenters. The fraction of sp³-hybridized carbons (Fsp3) is 0. The number of nitrogens with zero attached hydrogens (tertiary/aromatic N) is 2. The first-order valence-electron chi connectivity index (χ1n) is 9.71. The standard InChI is InChI=1S/C26H18N2OS/c29-25-22(18-10-13-19-11-4-1-5-12-19)30-26-27-23(20-14-6-2-7-15-20)24(28(25)26)21-16-8-3-9-17-21/h1-18H. The molecule has 0 saturated carbocycles. The van der Waals surface area contributed by atoms with Crippen LogP contribution in [-0.2, 0) is 0 Å². The van der Waals surface area contributed by atoms with Crippen LogP contribution in [0.5, 0.6) is 0 Å². The predicted octanol–water partition coefficient (Wildman–Crippen LogP) is 5.30. The molecule has 0 bridgehead atoms. The molecular formula is C26H18N2OS. The second-order valence-corrected chi connectivity index (χ2v) is 7.88. The van der Waals surface area contributed by atoms with E-state index in [0.29, 0.717) is 9.49 Å². The first-order chi connectivity index (χ1) is 14.8. The molecular weight excluding hydrogens is 388 g/mol. The molecule has 5 aromatic rings. The smallest absolute Gasteiger partial charge is 0.267 e. The molecule has 0 radical (unpaired) electrons. The lowest BCUT2D eigenvalue weighted by molar-refractivity contribution is 1.15. The molecule has 3 aromatic carbocycles. The van der Waals surface area contributed by atoms with Gasteiger partial charge in [0.1, 0.15) is 0 Å². The molecule has 0 amide bonds. The molecule has 5 rings (SSSR count). The van der Waals surface area contributed by atoms with Crippen molar-refractivity contribution in [2.75, 3.05) is 0 Å². The first-order valence-corrected chi connectivity index (χ1v) is 10.5. The van der Waals surface area contributed by atoms with Gasteiger partial charge in [0.05, 0.1) is 15.9 Å². The third-order valence-corrected chi connectivity index (χ3v) is 5.88. The number of benzene rings is 3. The Bertz CT molecular complexity index is 1430. The maximum Gasteiger partial charge on any atom is 0.274 e. The van der Waals surface area contributed by atoms with Gasteiger partial charge in [-0.25, -0.2) is 9.38 Å². The molecule has 0 N–H and O–H groups in total.